The smallest absolute Gasteiger partial charge is 0.131 e. The molecule has 3 heteroatoms. The lowest BCUT2D eigenvalue weighted by Crippen LogP contribution is -2.23. The Kier molecular flexibility index (Phi) is 4.56. The highest BCUT2D eigenvalue weighted by molar-refractivity contribution is 5.09. The minimum atomic E-state index is 0.227. The summed E-state index contributed by atoms with van der Waals surface area (Å²) in [6.07, 6.45) is 10.8. The van der Waals surface area contributed by atoms with E-state index in [0.717, 1.165) is 24.2 Å². The molecule has 1 unspecified atom stereocenters. The van der Waals surface area contributed by atoms with Crippen LogP contribution in [-0.4, -0.2) is 16.0 Å². The summed E-state index contributed by atoms with van der Waals surface area (Å²) in [5.74, 6) is 1.59. The summed E-state index contributed by atoms with van der Waals surface area (Å²) in [4.78, 5) is 9.14. The molecule has 1 aromatic heterocycles. The van der Waals surface area contributed by atoms with E-state index < -0.39 is 0 Å². The molecule has 106 valence electrons. The quantitative estimate of drug-likeness (QED) is 0.903. The Morgan fingerprint density at radius 1 is 1.26 bits per heavy atom. The number of hydrogen-bond donors (Lipinski definition) is 1. The van der Waals surface area contributed by atoms with Crippen LogP contribution in [0.4, 0.5) is 0 Å². The topological polar surface area (TPSA) is 51.8 Å². The predicted molar refractivity (Wildman–Crippen MR) is 79.0 cm³/mol. The van der Waals surface area contributed by atoms with Crippen LogP contribution in [0.1, 0.15) is 70.2 Å². The molecule has 1 saturated carbocycles. The highest BCUT2D eigenvalue weighted by Gasteiger charge is 2.28. The summed E-state index contributed by atoms with van der Waals surface area (Å²) >= 11 is 0. The second-order valence-corrected chi connectivity index (χ2v) is 6.76. The Bertz CT molecular complexity index is 387. The number of nitrogens with zero attached hydrogens (tertiary/aromatic N) is 2. The fraction of sp³-hybridized carbons (Fsp3) is 0.750. The van der Waals surface area contributed by atoms with Crippen LogP contribution < -0.4 is 5.73 Å². The Morgan fingerprint density at radius 3 is 2.37 bits per heavy atom. The molecule has 0 spiro atoms. The van der Waals surface area contributed by atoms with Crippen molar-refractivity contribution in [2.75, 3.05) is 0 Å². The van der Waals surface area contributed by atoms with Gasteiger partial charge in [-0.15, -0.1) is 0 Å². The lowest BCUT2D eigenvalue weighted by atomic mass is 9.73. The average Bonchev–Trinajstić information content (AvgIpc) is 2.40. The monoisotopic (exact) mass is 261 g/mol. The van der Waals surface area contributed by atoms with Gasteiger partial charge in [-0.3, -0.25) is 0 Å². The van der Waals surface area contributed by atoms with E-state index in [0.29, 0.717) is 11.3 Å². The standard InChI is InChI=1S/C16H27N3/c1-4-14(17)9-12-10-18-15(19-11-12)13-5-7-16(2,3)8-6-13/h10-11,13-14H,4-9,17H2,1-3H3. The average molecular weight is 261 g/mol. The molecule has 0 aromatic carbocycles. The SMILES string of the molecule is CCC(N)Cc1cnc(C2CCC(C)(C)CC2)nc1. The predicted octanol–water partition coefficient (Wildman–Crippen LogP) is 3.44. The van der Waals surface area contributed by atoms with E-state index in [4.69, 9.17) is 5.73 Å². The van der Waals surface area contributed by atoms with Crippen LogP contribution >= 0.6 is 0 Å². The van der Waals surface area contributed by atoms with E-state index in [1.807, 2.05) is 12.4 Å². The summed E-state index contributed by atoms with van der Waals surface area (Å²) < 4.78 is 0. The van der Waals surface area contributed by atoms with Gasteiger partial charge in [0.1, 0.15) is 5.82 Å². The first kappa shape index (κ1) is 14.4. The summed E-state index contributed by atoms with van der Waals surface area (Å²) in [5, 5.41) is 0. The van der Waals surface area contributed by atoms with Gasteiger partial charge in [0.25, 0.3) is 0 Å². The molecule has 1 aliphatic rings. The third kappa shape index (κ3) is 4.00. The first-order valence-electron chi connectivity index (χ1n) is 7.56. The number of hydrogen-bond acceptors (Lipinski definition) is 3. The van der Waals surface area contributed by atoms with E-state index in [2.05, 4.69) is 30.7 Å². The summed E-state index contributed by atoms with van der Waals surface area (Å²) in [6.45, 7) is 6.84. The summed E-state index contributed by atoms with van der Waals surface area (Å²) in [5.41, 5.74) is 7.63. The van der Waals surface area contributed by atoms with Gasteiger partial charge in [-0.1, -0.05) is 20.8 Å². The minimum Gasteiger partial charge on any atom is -0.327 e. The van der Waals surface area contributed by atoms with Crippen LogP contribution in [0.25, 0.3) is 0 Å². The Balaban J connectivity index is 1.95. The van der Waals surface area contributed by atoms with Crippen LogP contribution in [0.15, 0.2) is 12.4 Å². The van der Waals surface area contributed by atoms with Crippen molar-refractivity contribution >= 4 is 0 Å². The van der Waals surface area contributed by atoms with E-state index in [9.17, 15) is 0 Å². The van der Waals surface area contributed by atoms with Crippen LogP contribution in [0, 0.1) is 5.41 Å². The van der Waals surface area contributed by atoms with Gasteiger partial charge in [0, 0.05) is 24.4 Å². The molecule has 1 heterocycles. The maximum absolute atomic E-state index is 5.96. The third-order valence-electron chi connectivity index (χ3n) is 4.45. The molecular formula is C16H27N3. The molecule has 0 saturated heterocycles. The highest BCUT2D eigenvalue weighted by atomic mass is 14.9. The van der Waals surface area contributed by atoms with Crippen molar-refractivity contribution in [2.24, 2.45) is 11.1 Å². The Morgan fingerprint density at radius 2 is 1.84 bits per heavy atom. The molecule has 1 aromatic rings. The highest BCUT2D eigenvalue weighted by Crippen LogP contribution is 2.41. The molecule has 2 rings (SSSR count). The summed E-state index contributed by atoms with van der Waals surface area (Å²) in [7, 11) is 0. The second-order valence-electron chi connectivity index (χ2n) is 6.76. The van der Waals surface area contributed by atoms with Crippen molar-refractivity contribution in [3.05, 3.63) is 23.8 Å². The van der Waals surface area contributed by atoms with Gasteiger partial charge >= 0.3 is 0 Å². The number of nitrogens with two attached hydrogens (primary N) is 1. The van der Waals surface area contributed by atoms with E-state index in [1.54, 1.807) is 0 Å². The zero-order valence-corrected chi connectivity index (χ0v) is 12.5. The largest absolute Gasteiger partial charge is 0.327 e. The molecule has 1 aliphatic carbocycles. The van der Waals surface area contributed by atoms with Gasteiger partial charge < -0.3 is 5.73 Å². The lowest BCUT2D eigenvalue weighted by Gasteiger charge is -2.33. The van der Waals surface area contributed by atoms with Crippen LogP contribution in [0.5, 0.6) is 0 Å². The Hall–Kier alpha value is -0.960. The van der Waals surface area contributed by atoms with Crippen molar-refractivity contribution in [1.82, 2.24) is 9.97 Å². The zero-order chi connectivity index (χ0) is 13.9. The first-order chi connectivity index (χ1) is 9.00. The molecule has 0 amide bonds. The van der Waals surface area contributed by atoms with Crippen molar-refractivity contribution in [1.29, 1.82) is 0 Å². The fourth-order valence-corrected chi connectivity index (χ4v) is 2.79. The van der Waals surface area contributed by atoms with Crippen molar-refractivity contribution < 1.29 is 0 Å². The molecule has 3 nitrogen and oxygen atoms in total. The van der Waals surface area contributed by atoms with Gasteiger partial charge in [0.05, 0.1) is 0 Å². The maximum Gasteiger partial charge on any atom is 0.131 e. The fourth-order valence-electron chi connectivity index (χ4n) is 2.79. The van der Waals surface area contributed by atoms with E-state index >= 15 is 0 Å². The van der Waals surface area contributed by atoms with Crippen LogP contribution in [0.2, 0.25) is 0 Å². The van der Waals surface area contributed by atoms with Crippen LogP contribution in [0.3, 0.4) is 0 Å². The number of rotatable bonds is 4. The van der Waals surface area contributed by atoms with Gasteiger partial charge in [-0.05, 0) is 49.5 Å². The van der Waals surface area contributed by atoms with Gasteiger partial charge in [0.2, 0.25) is 0 Å². The van der Waals surface area contributed by atoms with Gasteiger partial charge in [-0.2, -0.15) is 0 Å². The van der Waals surface area contributed by atoms with Gasteiger partial charge in [-0.25, -0.2) is 9.97 Å². The normalized spacial score (nSPS) is 21.3. The lowest BCUT2D eigenvalue weighted by molar-refractivity contribution is 0.220. The van der Waals surface area contributed by atoms with E-state index in [-0.39, 0.29) is 6.04 Å². The molecule has 0 radical (unpaired) electrons. The number of aromatic nitrogens is 2. The first-order valence-corrected chi connectivity index (χ1v) is 7.56. The van der Waals surface area contributed by atoms with Crippen molar-refractivity contribution in [3.63, 3.8) is 0 Å². The minimum absolute atomic E-state index is 0.227. The molecule has 0 bridgehead atoms. The molecule has 2 N–H and O–H groups in total. The van der Waals surface area contributed by atoms with Gasteiger partial charge in [0.15, 0.2) is 0 Å². The van der Waals surface area contributed by atoms with E-state index in [1.165, 1.54) is 25.7 Å². The molecule has 19 heavy (non-hydrogen) atoms. The molecule has 1 fully saturated rings. The molecule has 0 aliphatic heterocycles. The van der Waals surface area contributed by atoms with Crippen LogP contribution in [-0.2, 0) is 6.42 Å². The second kappa shape index (κ2) is 6.00. The maximum atomic E-state index is 5.96. The molecule has 1 atom stereocenters. The van der Waals surface area contributed by atoms with Crippen molar-refractivity contribution in [3.8, 4) is 0 Å². The zero-order valence-electron chi connectivity index (χ0n) is 12.5. The third-order valence-corrected chi connectivity index (χ3v) is 4.45. The van der Waals surface area contributed by atoms with Crippen molar-refractivity contribution in [2.45, 2.75) is 71.3 Å². The Labute approximate surface area is 117 Å². The summed E-state index contributed by atoms with van der Waals surface area (Å²) in [6, 6.07) is 0.227. The molecular weight excluding hydrogens is 234 g/mol.